The van der Waals surface area contributed by atoms with Crippen LogP contribution in [0.1, 0.15) is 18.7 Å². The van der Waals surface area contributed by atoms with Crippen LogP contribution in [0.25, 0.3) is 0 Å². The first-order valence-corrected chi connectivity index (χ1v) is 6.39. The lowest BCUT2D eigenvalue weighted by Gasteiger charge is -2.04. The fraction of sp³-hybridized carbons (Fsp3) is 0.286. The number of hydrogen-bond donors (Lipinski definition) is 1. The molecule has 0 unspecified atom stereocenters. The molecule has 0 saturated heterocycles. The zero-order valence-electron chi connectivity index (χ0n) is 10.3. The maximum Gasteiger partial charge on any atom is 0.148 e. The van der Waals surface area contributed by atoms with Gasteiger partial charge in [-0.2, -0.15) is 0 Å². The van der Waals surface area contributed by atoms with Crippen LogP contribution in [-0.2, 0) is 0 Å². The minimum Gasteiger partial charge on any atom is -0.366 e. The lowest BCUT2D eigenvalue weighted by molar-refractivity contribution is 1.02. The van der Waals surface area contributed by atoms with Gasteiger partial charge in [0.25, 0.3) is 0 Å². The van der Waals surface area contributed by atoms with Crippen molar-refractivity contribution >= 4 is 17.4 Å². The average Bonchev–Trinajstić information content (AvgIpc) is 3.21. The predicted molar refractivity (Wildman–Crippen MR) is 74.9 cm³/mol. The lowest BCUT2D eigenvalue weighted by Crippen LogP contribution is -2.05. The zero-order valence-corrected chi connectivity index (χ0v) is 11.1. The topological polar surface area (TPSA) is 37.8 Å². The van der Waals surface area contributed by atoms with Gasteiger partial charge in [-0.1, -0.05) is 48.0 Å². The summed E-state index contributed by atoms with van der Waals surface area (Å²) >= 11 is 5.88. The molecule has 0 aliphatic heterocycles. The van der Waals surface area contributed by atoms with Gasteiger partial charge in [-0.05, 0) is 19.8 Å². The Bertz CT molecular complexity index is 457. The molecule has 3 rings (SSSR count). The van der Waals surface area contributed by atoms with Crippen molar-refractivity contribution in [2.75, 3.05) is 5.32 Å². The van der Waals surface area contributed by atoms with Crippen molar-refractivity contribution in [2.45, 2.75) is 25.8 Å². The van der Waals surface area contributed by atoms with Gasteiger partial charge in [0.05, 0.1) is 6.20 Å². The smallest absolute Gasteiger partial charge is 0.148 e. The van der Waals surface area contributed by atoms with Crippen LogP contribution in [0.3, 0.4) is 0 Å². The van der Waals surface area contributed by atoms with Crippen molar-refractivity contribution in [3.05, 3.63) is 53.4 Å². The van der Waals surface area contributed by atoms with Crippen molar-refractivity contribution in [1.29, 1.82) is 0 Å². The van der Waals surface area contributed by atoms with E-state index in [4.69, 9.17) is 11.6 Å². The molecule has 2 aromatic rings. The Hall–Kier alpha value is -1.61. The molecule has 94 valence electrons. The van der Waals surface area contributed by atoms with Crippen molar-refractivity contribution in [2.24, 2.45) is 0 Å². The highest BCUT2D eigenvalue weighted by molar-refractivity contribution is 6.32. The molecule has 0 bridgehead atoms. The highest BCUT2D eigenvalue weighted by atomic mass is 35.5. The summed E-state index contributed by atoms with van der Waals surface area (Å²) in [5, 5.41) is 3.85. The van der Waals surface area contributed by atoms with E-state index in [1.54, 1.807) is 6.20 Å². The quantitative estimate of drug-likeness (QED) is 0.896. The molecule has 1 aromatic heterocycles. The van der Waals surface area contributed by atoms with E-state index in [2.05, 4.69) is 15.3 Å². The molecule has 4 heteroatoms. The van der Waals surface area contributed by atoms with Crippen molar-refractivity contribution < 1.29 is 0 Å². The largest absolute Gasteiger partial charge is 0.366 e. The van der Waals surface area contributed by atoms with Crippen molar-refractivity contribution in [3.63, 3.8) is 0 Å². The molecule has 0 radical (unpaired) electrons. The molecule has 0 amide bonds. The lowest BCUT2D eigenvalue weighted by atomic mass is 10.4. The molecular formula is C14H16ClN3. The van der Waals surface area contributed by atoms with Gasteiger partial charge >= 0.3 is 0 Å². The summed E-state index contributed by atoms with van der Waals surface area (Å²) in [6.45, 7) is 1.86. The summed E-state index contributed by atoms with van der Waals surface area (Å²) in [6, 6.07) is 12.6. The monoisotopic (exact) mass is 261 g/mol. The maximum atomic E-state index is 5.88. The molecular weight excluding hydrogens is 246 g/mol. The fourth-order valence-electron chi connectivity index (χ4n) is 1.36. The number of benzene rings is 1. The van der Waals surface area contributed by atoms with E-state index in [1.165, 1.54) is 12.8 Å². The average molecular weight is 262 g/mol. The summed E-state index contributed by atoms with van der Waals surface area (Å²) in [7, 11) is 0. The number of halogens is 1. The van der Waals surface area contributed by atoms with E-state index < -0.39 is 0 Å². The van der Waals surface area contributed by atoms with Gasteiger partial charge in [-0.25, -0.2) is 9.97 Å². The van der Waals surface area contributed by atoms with Crippen LogP contribution in [0.15, 0.2) is 42.6 Å². The van der Waals surface area contributed by atoms with Gasteiger partial charge in [0, 0.05) is 6.04 Å². The minimum absolute atomic E-state index is 0.580. The van der Waals surface area contributed by atoms with Crippen molar-refractivity contribution in [3.8, 4) is 0 Å². The molecule has 0 atom stereocenters. The number of anilines is 1. The van der Waals surface area contributed by atoms with Gasteiger partial charge < -0.3 is 5.32 Å². The molecule has 1 fully saturated rings. The molecule has 18 heavy (non-hydrogen) atoms. The van der Waals surface area contributed by atoms with Gasteiger partial charge in [-0.15, -0.1) is 0 Å². The number of nitrogens with zero attached hydrogens (tertiary/aromatic N) is 2. The third-order valence-electron chi connectivity index (χ3n) is 2.45. The number of rotatable bonds is 2. The Morgan fingerprint density at radius 1 is 1.11 bits per heavy atom. The summed E-state index contributed by atoms with van der Waals surface area (Å²) in [5.41, 5.74) is 0. The Morgan fingerprint density at radius 3 is 2.17 bits per heavy atom. The van der Waals surface area contributed by atoms with Gasteiger partial charge in [-0.3, -0.25) is 0 Å². The highest BCUT2D eigenvalue weighted by Gasteiger charge is 2.22. The molecule has 1 heterocycles. The Kier molecular flexibility index (Phi) is 4.53. The third kappa shape index (κ3) is 4.34. The first-order chi connectivity index (χ1) is 8.75. The maximum absolute atomic E-state index is 5.88. The second-order valence-corrected chi connectivity index (χ2v) is 4.59. The number of aromatic nitrogens is 2. The van der Waals surface area contributed by atoms with Gasteiger partial charge in [0.15, 0.2) is 0 Å². The molecule has 1 N–H and O–H groups in total. The summed E-state index contributed by atoms with van der Waals surface area (Å²) < 4.78 is 0. The van der Waals surface area contributed by atoms with Crippen LogP contribution >= 0.6 is 11.6 Å². The molecule has 1 aliphatic carbocycles. The Labute approximate surface area is 112 Å². The third-order valence-corrected chi connectivity index (χ3v) is 2.73. The summed E-state index contributed by atoms with van der Waals surface area (Å²) in [5.74, 6) is 1.52. The van der Waals surface area contributed by atoms with E-state index in [1.807, 2.05) is 43.3 Å². The van der Waals surface area contributed by atoms with Crippen LogP contribution in [0.5, 0.6) is 0 Å². The number of aryl methyl sites for hydroxylation is 1. The van der Waals surface area contributed by atoms with Gasteiger partial charge in [0.2, 0.25) is 0 Å². The zero-order chi connectivity index (χ0) is 12.8. The molecule has 1 aromatic carbocycles. The second-order valence-electron chi connectivity index (χ2n) is 4.19. The Balaban J connectivity index is 0.000000169. The van der Waals surface area contributed by atoms with Crippen LogP contribution in [-0.4, -0.2) is 16.0 Å². The molecule has 1 saturated carbocycles. The molecule has 0 spiro atoms. The van der Waals surface area contributed by atoms with E-state index in [-0.39, 0.29) is 0 Å². The summed E-state index contributed by atoms with van der Waals surface area (Å²) in [6.07, 6.45) is 4.08. The normalized spacial score (nSPS) is 13.4. The minimum atomic E-state index is 0.580. The summed E-state index contributed by atoms with van der Waals surface area (Å²) in [4.78, 5) is 8.18. The molecule has 3 nitrogen and oxygen atoms in total. The van der Waals surface area contributed by atoms with Crippen LogP contribution in [0.2, 0.25) is 5.02 Å². The fourth-order valence-corrected chi connectivity index (χ4v) is 1.51. The van der Waals surface area contributed by atoms with Gasteiger partial charge in [0.1, 0.15) is 16.7 Å². The highest BCUT2D eigenvalue weighted by Crippen LogP contribution is 2.27. The Morgan fingerprint density at radius 2 is 1.67 bits per heavy atom. The first-order valence-electron chi connectivity index (χ1n) is 6.01. The van der Waals surface area contributed by atoms with E-state index in [0.29, 0.717) is 11.1 Å². The van der Waals surface area contributed by atoms with Crippen LogP contribution < -0.4 is 5.32 Å². The standard InChI is InChI=1S/C8H10ClN3.C6H6/c1-5-10-4-7(9)8(11-5)12-6-2-3-6;1-2-4-6-5-3-1/h4,6H,2-3H2,1H3,(H,10,11,12);1-6H. The molecule has 1 aliphatic rings. The predicted octanol–water partition coefficient (Wildman–Crippen LogP) is 3.70. The second kappa shape index (κ2) is 6.36. The van der Waals surface area contributed by atoms with E-state index >= 15 is 0 Å². The van der Waals surface area contributed by atoms with Crippen LogP contribution in [0.4, 0.5) is 5.82 Å². The SMILES string of the molecule is Cc1ncc(Cl)c(NC2CC2)n1.c1ccccc1. The first kappa shape index (κ1) is 12.8. The number of hydrogen-bond acceptors (Lipinski definition) is 3. The van der Waals surface area contributed by atoms with E-state index in [0.717, 1.165) is 11.6 Å². The van der Waals surface area contributed by atoms with Crippen LogP contribution in [0, 0.1) is 6.92 Å². The number of nitrogens with one attached hydrogen (secondary N) is 1. The van der Waals surface area contributed by atoms with Crippen molar-refractivity contribution in [1.82, 2.24) is 9.97 Å². The van der Waals surface area contributed by atoms with E-state index in [9.17, 15) is 0 Å².